The summed E-state index contributed by atoms with van der Waals surface area (Å²) in [4.78, 5) is 13.3. The second-order valence-corrected chi connectivity index (χ2v) is 9.44. The fourth-order valence-electron chi connectivity index (χ4n) is 3.64. The van der Waals surface area contributed by atoms with E-state index >= 15 is 0 Å². The molecule has 174 valence electrons. The molecule has 0 saturated heterocycles. The third kappa shape index (κ3) is 5.18. The SMILES string of the molecule is COC(=O)c1cc(-c2ccccc2)sc1NC(=S)Nc1c(C)nn(Cc2ccc(C)cc2)c1C. The number of carbonyl (C=O) groups is 1. The molecule has 2 aromatic carbocycles. The second-order valence-electron chi connectivity index (χ2n) is 7.98. The van der Waals surface area contributed by atoms with Gasteiger partial charge in [-0.3, -0.25) is 4.68 Å². The van der Waals surface area contributed by atoms with Gasteiger partial charge in [0, 0.05) is 4.88 Å². The van der Waals surface area contributed by atoms with Crippen molar-refractivity contribution in [3.63, 3.8) is 0 Å². The number of ether oxygens (including phenoxy) is 1. The first-order chi connectivity index (χ1) is 16.4. The van der Waals surface area contributed by atoms with Crippen LogP contribution in [0.4, 0.5) is 10.7 Å². The summed E-state index contributed by atoms with van der Waals surface area (Å²) >= 11 is 7.05. The minimum absolute atomic E-state index is 0.382. The van der Waals surface area contributed by atoms with Crippen LogP contribution in [0, 0.1) is 20.8 Å². The highest BCUT2D eigenvalue weighted by atomic mass is 32.1. The van der Waals surface area contributed by atoms with Crippen molar-refractivity contribution in [2.45, 2.75) is 27.3 Å². The number of esters is 1. The van der Waals surface area contributed by atoms with E-state index in [2.05, 4.69) is 46.9 Å². The van der Waals surface area contributed by atoms with Crippen LogP contribution in [0.5, 0.6) is 0 Å². The van der Waals surface area contributed by atoms with Crippen molar-refractivity contribution in [3.8, 4) is 10.4 Å². The Morgan fingerprint density at radius 1 is 1.06 bits per heavy atom. The number of aryl methyl sites for hydroxylation is 2. The normalized spacial score (nSPS) is 10.7. The van der Waals surface area contributed by atoms with Gasteiger partial charge in [-0.2, -0.15) is 5.10 Å². The van der Waals surface area contributed by atoms with E-state index in [-0.39, 0.29) is 0 Å². The molecule has 0 aliphatic carbocycles. The summed E-state index contributed by atoms with van der Waals surface area (Å²) in [5.74, 6) is -0.415. The molecular formula is C26H26N4O2S2. The average molecular weight is 491 g/mol. The van der Waals surface area contributed by atoms with Crippen LogP contribution in [0.25, 0.3) is 10.4 Å². The van der Waals surface area contributed by atoms with Gasteiger partial charge in [-0.05, 0) is 50.2 Å². The molecule has 0 spiro atoms. The summed E-state index contributed by atoms with van der Waals surface area (Å²) in [6.45, 7) is 6.71. The topological polar surface area (TPSA) is 68.2 Å². The number of nitrogens with zero attached hydrogens (tertiary/aromatic N) is 2. The number of anilines is 2. The van der Waals surface area contributed by atoms with Gasteiger partial charge in [0.25, 0.3) is 0 Å². The van der Waals surface area contributed by atoms with Crippen LogP contribution in [0.15, 0.2) is 60.7 Å². The molecule has 2 N–H and O–H groups in total. The molecule has 2 aromatic heterocycles. The third-order valence-corrected chi connectivity index (χ3v) is 6.80. The molecule has 0 aliphatic rings. The molecule has 4 aromatic rings. The summed E-state index contributed by atoms with van der Waals surface area (Å²) in [6.07, 6.45) is 0. The van der Waals surface area contributed by atoms with Crippen LogP contribution in [0.3, 0.4) is 0 Å². The summed E-state index contributed by atoms with van der Waals surface area (Å²) in [7, 11) is 1.37. The van der Waals surface area contributed by atoms with Crippen molar-refractivity contribution in [3.05, 3.63) is 88.7 Å². The Hall–Kier alpha value is -3.49. The van der Waals surface area contributed by atoms with Crippen molar-refractivity contribution < 1.29 is 9.53 Å². The van der Waals surface area contributed by atoms with Gasteiger partial charge in [-0.1, -0.05) is 60.2 Å². The Balaban J connectivity index is 1.54. The Morgan fingerprint density at radius 2 is 1.76 bits per heavy atom. The van der Waals surface area contributed by atoms with E-state index in [1.54, 1.807) is 0 Å². The third-order valence-electron chi connectivity index (χ3n) is 5.50. The molecule has 34 heavy (non-hydrogen) atoms. The number of nitrogens with one attached hydrogen (secondary N) is 2. The number of hydrogen-bond donors (Lipinski definition) is 2. The molecule has 2 heterocycles. The lowest BCUT2D eigenvalue weighted by molar-refractivity contribution is 0.0602. The summed E-state index contributed by atoms with van der Waals surface area (Å²) in [5.41, 5.74) is 6.55. The van der Waals surface area contributed by atoms with Gasteiger partial charge in [-0.15, -0.1) is 11.3 Å². The minimum atomic E-state index is -0.415. The Kier molecular flexibility index (Phi) is 7.09. The minimum Gasteiger partial charge on any atom is -0.465 e. The van der Waals surface area contributed by atoms with Crippen LogP contribution in [0.1, 0.15) is 32.9 Å². The average Bonchev–Trinajstić information content (AvgIpc) is 3.37. The zero-order chi connectivity index (χ0) is 24.2. The van der Waals surface area contributed by atoms with E-state index in [0.717, 1.165) is 27.5 Å². The highest BCUT2D eigenvalue weighted by Crippen LogP contribution is 2.36. The number of methoxy groups -OCH3 is 1. The number of aromatic nitrogens is 2. The maximum Gasteiger partial charge on any atom is 0.340 e. The van der Waals surface area contributed by atoms with Crippen LogP contribution in [-0.4, -0.2) is 28.0 Å². The summed E-state index contributed by atoms with van der Waals surface area (Å²) in [6, 6.07) is 20.1. The number of benzene rings is 2. The van der Waals surface area contributed by atoms with E-state index in [1.165, 1.54) is 29.6 Å². The molecular weight excluding hydrogens is 464 g/mol. The predicted octanol–water partition coefficient (Wildman–Crippen LogP) is 6.18. The van der Waals surface area contributed by atoms with Gasteiger partial charge >= 0.3 is 5.97 Å². The van der Waals surface area contributed by atoms with Gasteiger partial charge < -0.3 is 15.4 Å². The van der Waals surface area contributed by atoms with Crippen molar-refractivity contribution in [1.29, 1.82) is 0 Å². The number of carbonyl (C=O) groups excluding carboxylic acids is 1. The molecule has 0 atom stereocenters. The Bertz CT molecular complexity index is 1330. The molecule has 4 rings (SSSR count). The van der Waals surface area contributed by atoms with Crippen LogP contribution >= 0.6 is 23.6 Å². The number of thiocarbonyl (C=S) groups is 1. The monoisotopic (exact) mass is 490 g/mol. The van der Waals surface area contributed by atoms with Crippen molar-refractivity contribution >= 4 is 45.3 Å². The van der Waals surface area contributed by atoms with Crippen molar-refractivity contribution in [2.75, 3.05) is 17.7 Å². The molecule has 0 saturated carbocycles. The van der Waals surface area contributed by atoms with Crippen LogP contribution in [-0.2, 0) is 11.3 Å². The van der Waals surface area contributed by atoms with Gasteiger partial charge in [0.05, 0.1) is 36.3 Å². The molecule has 8 heteroatoms. The molecule has 0 unspecified atom stereocenters. The van der Waals surface area contributed by atoms with E-state index in [1.807, 2.05) is 54.9 Å². The summed E-state index contributed by atoms with van der Waals surface area (Å²) < 4.78 is 6.94. The quantitative estimate of drug-likeness (QED) is 0.248. The van der Waals surface area contributed by atoms with E-state index in [4.69, 9.17) is 17.0 Å². The summed E-state index contributed by atoms with van der Waals surface area (Å²) in [5, 5.41) is 12.2. The molecule has 0 amide bonds. The zero-order valence-electron chi connectivity index (χ0n) is 19.5. The lowest BCUT2D eigenvalue weighted by atomic mass is 10.1. The Morgan fingerprint density at radius 3 is 2.44 bits per heavy atom. The second kappa shape index (κ2) is 10.2. The number of thiophene rings is 1. The first-order valence-corrected chi connectivity index (χ1v) is 12.0. The molecule has 0 aliphatic heterocycles. The van der Waals surface area contributed by atoms with Gasteiger partial charge in [0.1, 0.15) is 5.00 Å². The van der Waals surface area contributed by atoms with Crippen molar-refractivity contribution in [2.24, 2.45) is 0 Å². The van der Waals surface area contributed by atoms with Gasteiger partial charge in [-0.25, -0.2) is 4.79 Å². The first kappa shape index (κ1) is 23.7. The first-order valence-electron chi connectivity index (χ1n) is 10.8. The maximum absolute atomic E-state index is 12.4. The zero-order valence-corrected chi connectivity index (χ0v) is 21.1. The van der Waals surface area contributed by atoms with Gasteiger partial charge in [0.15, 0.2) is 5.11 Å². The molecule has 0 fully saturated rings. The number of hydrogen-bond acceptors (Lipinski definition) is 5. The lowest BCUT2D eigenvalue weighted by Gasteiger charge is -2.11. The smallest absolute Gasteiger partial charge is 0.340 e. The Labute approximate surface area is 208 Å². The maximum atomic E-state index is 12.4. The fourth-order valence-corrected chi connectivity index (χ4v) is 4.96. The lowest BCUT2D eigenvalue weighted by Crippen LogP contribution is -2.20. The van der Waals surface area contributed by atoms with E-state index in [9.17, 15) is 4.79 Å². The fraction of sp³-hybridized carbons (Fsp3) is 0.192. The number of rotatable bonds is 6. The van der Waals surface area contributed by atoms with Crippen LogP contribution in [0.2, 0.25) is 0 Å². The largest absolute Gasteiger partial charge is 0.465 e. The van der Waals surface area contributed by atoms with E-state index < -0.39 is 5.97 Å². The molecule has 0 bridgehead atoms. The highest BCUT2D eigenvalue weighted by Gasteiger charge is 2.20. The van der Waals surface area contributed by atoms with E-state index in [0.29, 0.717) is 22.2 Å². The molecule has 6 nitrogen and oxygen atoms in total. The highest BCUT2D eigenvalue weighted by molar-refractivity contribution is 7.80. The van der Waals surface area contributed by atoms with Gasteiger partial charge in [0.2, 0.25) is 0 Å². The van der Waals surface area contributed by atoms with Crippen LogP contribution < -0.4 is 10.6 Å². The van der Waals surface area contributed by atoms with Crippen molar-refractivity contribution in [1.82, 2.24) is 9.78 Å². The standard InChI is InChI=1S/C26H26N4O2S2/c1-16-10-12-19(13-11-16)15-30-18(3)23(17(2)29-30)27-26(33)28-24-21(25(31)32-4)14-22(34-24)20-8-6-5-7-9-20/h5-14H,15H2,1-4H3,(H2,27,28,33). The predicted molar refractivity (Wildman–Crippen MR) is 143 cm³/mol. The molecule has 0 radical (unpaired) electrons.